The Hall–Kier alpha value is -2.85. The summed E-state index contributed by atoms with van der Waals surface area (Å²) in [6.45, 7) is 6.72. The van der Waals surface area contributed by atoms with Crippen LogP contribution in [0.3, 0.4) is 0 Å². The summed E-state index contributed by atoms with van der Waals surface area (Å²) < 4.78 is 5.67. The third kappa shape index (κ3) is 5.00. The van der Waals surface area contributed by atoms with Crippen molar-refractivity contribution in [1.29, 1.82) is 0 Å². The SMILES string of the molecule is CC(C)Oc1ccc(NC(=O)C2CCCN(Cc3cccc4ccccc34)C2)cc1. The Morgan fingerprint density at radius 1 is 1.07 bits per heavy atom. The van der Waals surface area contributed by atoms with Crippen LogP contribution in [0.25, 0.3) is 10.8 Å². The minimum absolute atomic E-state index is 0.0142. The molecule has 4 rings (SSSR count). The van der Waals surface area contributed by atoms with Gasteiger partial charge in [-0.2, -0.15) is 0 Å². The van der Waals surface area contributed by atoms with Gasteiger partial charge < -0.3 is 10.1 Å². The number of ether oxygens (including phenoxy) is 1. The second-order valence-electron chi connectivity index (χ2n) is 8.39. The lowest BCUT2D eigenvalue weighted by molar-refractivity contribution is -0.121. The lowest BCUT2D eigenvalue weighted by Crippen LogP contribution is -2.40. The first-order valence-corrected chi connectivity index (χ1v) is 10.8. The highest BCUT2D eigenvalue weighted by molar-refractivity contribution is 5.92. The molecular weight excluding hydrogens is 372 g/mol. The maximum atomic E-state index is 12.9. The van der Waals surface area contributed by atoms with Gasteiger partial charge in [0.15, 0.2) is 0 Å². The molecule has 1 aliphatic heterocycles. The molecule has 1 atom stereocenters. The number of hydrogen-bond acceptors (Lipinski definition) is 3. The zero-order valence-corrected chi connectivity index (χ0v) is 17.8. The number of carbonyl (C=O) groups excluding carboxylic acids is 1. The Morgan fingerprint density at radius 2 is 1.83 bits per heavy atom. The number of fused-ring (bicyclic) bond motifs is 1. The molecule has 0 saturated carbocycles. The van der Waals surface area contributed by atoms with E-state index in [1.165, 1.54) is 16.3 Å². The zero-order valence-electron chi connectivity index (χ0n) is 17.8. The average molecular weight is 403 g/mol. The largest absolute Gasteiger partial charge is 0.491 e. The van der Waals surface area contributed by atoms with Crippen molar-refractivity contribution in [3.8, 4) is 5.75 Å². The predicted octanol–water partition coefficient (Wildman–Crippen LogP) is 5.48. The molecule has 1 aliphatic rings. The molecule has 3 aromatic rings. The topological polar surface area (TPSA) is 41.6 Å². The molecule has 1 heterocycles. The molecule has 3 aromatic carbocycles. The fourth-order valence-electron chi connectivity index (χ4n) is 4.22. The van der Waals surface area contributed by atoms with Crippen molar-refractivity contribution < 1.29 is 9.53 Å². The molecule has 0 radical (unpaired) electrons. The first-order chi connectivity index (χ1) is 14.6. The molecule has 4 nitrogen and oxygen atoms in total. The van der Waals surface area contributed by atoms with Crippen LogP contribution in [0.4, 0.5) is 5.69 Å². The van der Waals surface area contributed by atoms with Crippen molar-refractivity contribution in [3.05, 3.63) is 72.3 Å². The Morgan fingerprint density at radius 3 is 2.63 bits per heavy atom. The average Bonchev–Trinajstić information content (AvgIpc) is 2.75. The van der Waals surface area contributed by atoms with Crippen LogP contribution < -0.4 is 10.1 Å². The van der Waals surface area contributed by atoms with Crippen LogP contribution in [0.1, 0.15) is 32.3 Å². The van der Waals surface area contributed by atoms with Crippen LogP contribution in [0.2, 0.25) is 0 Å². The maximum absolute atomic E-state index is 12.9. The molecule has 156 valence electrons. The summed E-state index contributed by atoms with van der Waals surface area (Å²) >= 11 is 0. The van der Waals surface area contributed by atoms with Crippen molar-refractivity contribution in [2.24, 2.45) is 5.92 Å². The monoisotopic (exact) mass is 402 g/mol. The van der Waals surface area contributed by atoms with E-state index in [0.717, 1.165) is 43.9 Å². The van der Waals surface area contributed by atoms with Crippen LogP contribution in [-0.4, -0.2) is 30.0 Å². The molecule has 0 aliphatic carbocycles. The number of amides is 1. The highest BCUT2D eigenvalue weighted by atomic mass is 16.5. The van der Waals surface area contributed by atoms with E-state index >= 15 is 0 Å². The summed E-state index contributed by atoms with van der Waals surface area (Å²) in [6.07, 6.45) is 2.12. The molecule has 1 amide bonds. The van der Waals surface area contributed by atoms with Gasteiger partial charge in [0.2, 0.25) is 5.91 Å². The van der Waals surface area contributed by atoms with E-state index in [-0.39, 0.29) is 17.9 Å². The quantitative estimate of drug-likeness (QED) is 0.594. The molecular formula is C26H30N2O2. The second-order valence-corrected chi connectivity index (χ2v) is 8.39. The van der Waals surface area contributed by atoms with Crippen molar-refractivity contribution in [1.82, 2.24) is 4.90 Å². The summed E-state index contributed by atoms with van der Waals surface area (Å²) in [5.74, 6) is 0.942. The minimum atomic E-state index is 0.0142. The van der Waals surface area contributed by atoms with Gasteiger partial charge >= 0.3 is 0 Å². The minimum Gasteiger partial charge on any atom is -0.491 e. The summed E-state index contributed by atoms with van der Waals surface area (Å²) in [5.41, 5.74) is 2.15. The van der Waals surface area contributed by atoms with E-state index in [2.05, 4.69) is 52.7 Å². The number of likely N-dealkylation sites (tertiary alicyclic amines) is 1. The predicted molar refractivity (Wildman–Crippen MR) is 123 cm³/mol. The smallest absolute Gasteiger partial charge is 0.228 e. The number of nitrogens with zero attached hydrogens (tertiary/aromatic N) is 1. The number of benzene rings is 3. The number of carbonyl (C=O) groups is 1. The van der Waals surface area contributed by atoms with Gasteiger partial charge in [-0.05, 0) is 73.8 Å². The fraction of sp³-hybridized carbons (Fsp3) is 0.346. The summed E-state index contributed by atoms with van der Waals surface area (Å²) in [6, 6.07) is 22.6. The molecule has 1 fully saturated rings. The molecule has 0 spiro atoms. The molecule has 30 heavy (non-hydrogen) atoms. The van der Waals surface area contributed by atoms with E-state index in [0.29, 0.717) is 0 Å². The third-order valence-corrected chi connectivity index (χ3v) is 5.64. The van der Waals surface area contributed by atoms with Crippen LogP contribution in [0.15, 0.2) is 66.7 Å². The third-order valence-electron chi connectivity index (χ3n) is 5.64. The lowest BCUT2D eigenvalue weighted by atomic mass is 9.96. The van der Waals surface area contributed by atoms with Gasteiger partial charge in [-0.3, -0.25) is 9.69 Å². The number of rotatable bonds is 6. The van der Waals surface area contributed by atoms with E-state index in [9.17, 15) is 4.79 Å². The number of anilines is 1. The molecule has 1 N–H and O–H groups in total. The molecule has 1 saturated heterocycles. The van der Waals surface area contributed by atoms with Crippen molar-refractivity contribution in [2.75, 3.05) is 18.4 Å². The van der Waals surface area contributed by atoms with Crippen molar-refractivity contribution in [2.45, 2.75) is 39.3 Å². The lowest BCUT2D eigenvalue weighted by Gasteiger charge is -2.32. The summed E-state index contributed by atoms with van der Waals surface area (Å²) in [4.78, 5) is 15.3. The number of hydrogen-bond donors (Lipinski definition) is 1. The van der Waals surface area contributed by atoms with E-state index in [4.69, 9.17) is 4.74 Å². The van der Waals surface area contributed by atoms with Gasteiger partial charge in [-0.1, -0.05) is 42.5 Å². The first-order valence-electron chi connectivity index (χ1n) is 10.8. The summed E-state index contributed by atoms with van der Waals surface area (Å²) in [7, 11) is 0. The highest BCUT2D eigenvalue weighted by Crippen LogP contribution is 2.25. The van der Waals surface area contributed by atoms with E-state index < -0.39 is 0 Å². The molecule has 0 bridgehead atoms. The molecule has 0 aromatic heterocycles. The Kier molecular flexibility index (Phi) is 6.34. The van der Waals surface area contributed by atoms with Crippen LogP contribution >= 0.6 is 0 Å². The maximum Gasteiger partial charge on any atom is 0.228 e. The van der Waals surface area contributed by atoms with Gasteiger partial charge in [-0.25, -0.2) is 0 Å². The first kappa shape index (κ1) is 20.4. The van der Waals surface area contributed by atoms with Crippen LogP contribution in [-0.2, 0) is 11.3 Å². The Bertz CT molecular complexity index is 992. The number of piperidine rings is 1. The normalized spacial score (nSPS) is 17.2. The van der Waals surface area contributed by atoms with Gasteiger partial charge in [-0.15, -0.1) is 0 Å². The van der Waals surface area contributed by atoms with Crippen molar-refractivity contribution >= 4 is 22.4 Å². The summed E-state index contributed by atoms with van der Waals surface area (Å²) in [5, 5.41) is 5.66. The zero-order chi connectivity index (χ0) is 20.9. The van der Waals surface area contributed by atoms with Crippen LogP contribution in [0, 0.1) is 5.92 Å². The highest BCUT2D eigenvalue weighted by Gasteiger charge is 2.26. The van der Waals surface area contributed by atoms with Gasteiger partial charge in [0.1, 0.15) is 5.75 Å². The standard InChI is InChI=1S/C26H30N2O2/c1-19(2)30-24-14-12-23(13-15-24)27-26(29)22-10-6-16-28(18-22)17-21-9-5-8-20-7-3-4-11-25(20)21/h3-5,7-9,11-15,19,22H,6,10,16-18H2,1-2H3,(H,27,29). The van der Waals surface area contributed by atoms with Crippen LogP contribution in [0.5, 0.6) is 5.75 Å². The second kappa shape index (κ2) is 9.31. The number of nitrogens with one attached hydrogen (secondary N) is 1. The van der Waals surface area contributed by atoms with Gasteiger partial charge in [0, 0.05) is 18.8 Å². The van der Waals surface area contributed by atoms with Gasteiger partial charge in [0.25, 0.3) is 0 Å². The van der Waals surface area contributed by atoms with E-state index in [1.807, 2.05) is 38.1 Å². The van der Waals surface area contributed by atoms with Crippen molar-refractivity contribution in [3.63, 3.8) is 0 Å². The van der Waals surface area contributed by atoms with E-state index in [1.54, 1.807) is 0 Å². The molecule has 4 heteroatoms. The van der Waals surface area contributed by atoms with Gasteiger partial charge in [0.05, 0.1) is 12.0 Å². The Balaban J connectivity index is 1.38. The Labute approximate surface area is 178 Å². The fourth-order valence-corrected chi connectivity index (χ4v) is 4.22. The molecule has 1 unspecified atom stereocenters.